The lowest BCUT2D eigenvalue weighted by Gasteiger charge is -2.08. The van der Waals surface area contributed by atoms with Gasteiger partial charge in [0.15, 0.2) is 0 Å². The van der Waals surface area contributed by atoms with Gasteiger partial charge in [0, 0.05) is 10.4 Å². The molecule has 2 aromatic heterocycles. The molecule has 0 saturated carbocycles. The van der Waals surface area contributed by atoms with Crippen LogP contribution in [0.1, 0.15) is 5.69 Å². The van der Waals surface area contributed by atoms with E-state index in [0.717, 1.165) is 16.8 Å². The third-order valence-corrected chi connectivity index (χ3v) is 4.13. The molecule has 5 nitrogen and oxygen atoms in total. The van der Waals surface area contributed by atoms with E-state index in [1.165, 1.54) is 4.68 Å². The molecule has 4 aromatic rings. The van der Waals surface area contributed by atoms with Crippen LogP contribution in [0.15, 0.2) is 65.6 Å². The van der Waals surface area contributed by atoms with E-state index in [2.05, 4.69) is 10.2 Å². The van der Waals surface area contributed by atoms with Crippen molar-refractivity contribution in [2.24, 2.45) is 0 Å². The van der Waals surface area contributed by atoms with Gasteiger partial charge in [0.1, 0.15) is 5.52 Å². The van der Waals surface area contributed by atoms with Gasteiger partial charge in [-0.05, 0) is 43.3 Å². The topological polar surface area (TPSA) is 52.7 Å². The Bertz CT molecular complexity index is 1080. The summed E-state index contributed by atoms with van der Waals surface area (Å²) in [4.78, 5) is 13.0. The first kappa shape index (κ1) is 14.7. The van der Waals surface area contributed by atoms with Gasteiger partial charge in [0.05, 0.1) is 23.3 Å². The predicted molar refractivity (Wildman–Crippen MR) is 94.2 cm³/mol. The molecule has 0 amide bonds. The fraction of sp³-hybridized carbons (Fsp3) is 0.0556. The van der Waals surface area contributed by atoms with Gasteiger partial charge < -0.3 is 0 Å². The molecule has 24 heavy (non-hydrogen) atoms. The first-order valence-electron chi connectivity index (χ1n) is 7.44. The zero-order valence-electron chi connectivity index (χ0n) is 12.8. The molecule has 2 heterocycles. The van der Waals surface area contributed by atoms with Crippen LogP contribution in [0.25, 0.3) is 22.3 Å². The highest BCUT2D eigenvalue weighted by Gasteiger charge is 2.15. The summed E-state index contributed by atoms with van der Waals surface area (Å²) >= 11 is 5.93. The summed E-state index contributed by atoms with van der Waals surface area (Å²) in [5.41, 5.74) is 2.51. The standard InChI is InChI=1S/C18H13ClN4O/c1-12-16-11-20-22(14-5-3-2-4-6-14)17(16)18(24)23(21-12)15-9-7-13(19)8-10-15/h2-11H,1H3. The van der Waals surface area contributed by atoms with Gasteiger partial charge >= 0.3 is 0 Å². The van der Waals surface area contributed by atoms with Crippen molar-refractivity contribution in [3.8, 4) is 11.4 Å². The van der Waals surface area contributed by atoms with Crippen molar-refractivity contribution in [2.75, 3.05) is 0 Å². The minimum Gasteiger partial charge on any atom is -0.265 e. The molecule has 0 aliphatic rings. The summed E-state index contributed by atoms with van der Waals surface area (Å²) in [6.07, 6.45) is 1.68. The normalized spacial score (nSPS) is 11.1. The van der Waals surface area contributed by atoms with E-state index in [0.29, 0.717) is 16.2 Å². The van der Waals surface area contributed by atoms with Gasteiger partial charge in [0.2, 0.25) is 0 Å². The average molecular weight is 337 g/mol. The average Bonchev–Trinajstić information content (AvgIpc) is 3.06. The van der Waals surface area contributed by atoms with Crippen molar-refractivity contribution in [3.05, 3.63) is 81.9 Å². The van der Waals surface area contributed by atoms with E-state index in [1.807, 2.05) is 37.3 Å². The van der Waals surface area contributed by atoms with E-state index < -0.39 is 0 Å². The van der Waals surface area contributed by atoms with Crippen LogP contribution in [0.4, 0.5) is 0 Å². The lowest BCUT2D eigenvalue weighted by Crippen LogP contribution is -2.24. The quantitative estimate of drug-likeness (QED) is 0.562. The molecule has 0 bridgehead atoms. The Morgan fingerprint density at radius 3 is 2.29 bits per heavy atom. The Labute approximate surface area is 142 Å². The second-order valence-electron chi connectivity index (χ2n) is 5.43. The Hall–Kier alpha value is -2.92. The number of halogens is 1. The summed E-state index contributed by atoms with van der Waals surface area (Å²) in [5, 5.41) is 10.1. The zero-order valence-corrected chi connectivity index (χ0v) is 13.6. The molecule has 0 spiro atoms. The number of hydrogen-bond acceptors (Lipinski definition) is 3. The lowest BCUT2D eigenvalue weighted by molar-refractivity contribution is 0.791. The van der Waals surface area contributed by atoms with Crippen LogP contribution in [0.5, 0.6) is 0 Å². The summed E-state index contributed by atoms with van der Waals surface area (Å²) < 4.78 is 3.04. The minimum absolute atomic E-state index is 0.223. The Morgan fingerprint density at radius 2 is 1.58 bits per heavy atom. The highest BCUT2D eigenvalue weighted by Crippen LogP contribution is 2.18. The van der Waals surface area contributed by atoms with E-state index in [4.69, 9.17) is 11.6 Å². The second kappa shape index (κ2) is 5.62. The number of rotatable bonds is 2. The molecule has 2 aromatic carbocycles. The van der Waals surface area contributed by atoms with Crippen LogP contribution >= 0.6 is 11.6 Å². The third-order valence-electron chi connectivity index (χ3n) is 3.88. The summed E-state index contributed by atoms with van der Waals surface area (Å²) in [7, 11) is 0. The van der Waals surface area contributed by atoms with Crippen LogP contribution in [0.2, 0.25) is 5.02 Å². The maximum absolute atomic E-state index is 13.0. The Balaban J connectivity index is 2.03. The SMILES string of the molecule is Cc1nn(-c2ccc(Cl)cc2)c(=O)c2c1cnn2-c1ccccc1. The van der Waals surface area contributed by atoms with E-state index in [1.54, 1.807) is 35.1 Å². The number of para-hydroxylation sites is 1. The molecule has 4 rings (SSSR count). The van der Waals surface area contributed by atoms with Crippen molar-refractivity contribution in [1.82, 2.24) is 19.6 Å². The fourth-order valence-electron chi connectivity index (χ4n) is 2.69. The number of nitrogens with zero attached hydrogens (tertiary/aromatic N) is 4. The molecular weight excluding hydrogens is 324 g/mol. The highest BCUT2D eigenvalue weighted by molar-refractivity contribution is 6.30. The van der Waals surface area contributed by atoms with Crippen LogP contribution in [-0.4, -0.2) is 19.6 Å². The number of hydrogen-bond donors (Lipinski definition) is 0. The third kappa shape index (κ3) is 2.30. The van der Waals surface area contributed by atoms with E-state index >= 15 is 0 Å². The van der Waals surface area contributed by atoms with Crippen molar-refractivity contribution in [2.45, 2.75) is 6.92 Å². The van der Waals surface area contributed by atoms with Gasteiger partial charge in [-0.1, -0.05) is 29.8 Å². The van der Waals surface area contributed by atoms with Crippen LogP contribution in [0, 0.1) is 6.92 Å². The maximum Gasteiger partial charge on any atom is 0.298 e. The largest absolute Gasteiger partial charge is 0.298 e. The van der Waals surface area contributed by atoms with Crippen LogP contribution < -0.4 is 5.56 Å². The molecule has 6 heteroatoms. The van der Waals surface area contributed by atoms with Gasteiger partial charge in [-0.25, -0.2) is 4.68 Å². The second-order valence-corrected chi connectivity index (χ2v) is 5.87. The molecule has 0 unspecified atom stereocenters. The Kier molecular flexibility index (Phi) is 3.43. The summed E-state index contributed by atoms with van der Waals surface area (Å²) in [6.45, 7) is 1.87. The van der Waals surface area contributed by atoms with E-state index in [9.17, 15) is 4.79 Å². The molecule has 0 radical (unpaired) electrons. The molecule has 0 saturated heterocycles. The smallest absolute Gasteiger partial charge is 0.265 e. The molecule has 118 valence electrons. The van der Waals surface area contributed by atoms with Gasteiger partial charge in [-0.2, -0.15) is 14.9 Å². The molecular formula is C18H13ClN4O. The fourth-order valence-corrected chi connectivity index (χ4v) is 2.82. The highest BCUT2D eigenvalue weighted by atomic mass is 35.5. The maximum atomic E-state index is 13.0. The van der Waals surface area contributed by atoms with Crippen molar-refractivity contribution < 1.29 is 0 Å². The summed E-state index contributed by atoms with van der Waals surface area (Å²) in [6, 6.07) is 16.6. The number of aromatic nitrogens is 4. The molecule has 0 aliphatic heterocycles. The number of benzene rings is 2. The van der Waals surface area contributed by atoms with Crippen molar-refractivity contribution in [3.63, 3.8) is 0 Å². The van der Waals surface area contributed by atoms with Crippen molar-refractivity contribution in [1.29, 1.82) is 0 Å². The molecule has 0 fully saturated rings. The van der Waals surface area contributed by atoms with Crippen LogP contribution in [-0.2, 0) is 0 Å². The van der Waals surface area contributed by atoms with Gasteiger partial charge in [0.25, 0.3) is 5.56 Å². The number of aryl methyl sites for hydroxylation is 1. The lowest BCUT2D eigenvalue weighted by atomic mass is 10.2. The van der Waals surface area contributed by atoms with Gasteiger partial charge in [-0.15, -0.1) is 0 Å². The predicted octanol–water partition coefficient (Wildman–Crippen LogP) is 3.53. The van der Waals surface area contributed by atoms with Crippen LogP contribution in [0.3, 0.4) is 0 Å². The zero-order chi connectivity index (χ0) is 16.7. The first-order chi connectivity index (χ1) is 11.6. The monoisotopic (exact) mass is 336 g/mol. The Morgan fingerprint density at radius 1 is 0.917 bits per heavy atom. The molecule has 0 N–H and O–H groups in total. The van der Waals surface area contributed by atoms with E-state index in [-0.39, 0.29) is 5.56 Å². The number of fused-ring (bicyclic) bond motifs is 1. The minimum atomic E-state index is -0.223. The molecule has 0 atom stereocenters. The first-order valence-corrected chi connectivity index (χ1v) is 7.82. The van der Waals surface area contributed by atoms with Crippen molar-refractivity contribution >= 4 is 22.5 Å². The summed E-state index contributed by atoms with van der Waals surface area (Å²) in [5.74, 6) is 0. The molecule has 0 aliphatic carbocycles. The van der Waals surface area contributed by atoms with Gasteiger partial charge in [-0.3, -0.25) is 4.79 Å².